The first kappa shape index (κ1) is 11.9. The van der Waals surface area contributed by atoms with E-state index in [9.17, 15) is 0 Å². The van der Waals surface area contributed by atoms with Gasteiger partial charge in [0, 0.05) is 38.0 Å². The number of anilines is 1. The van der Waals surface area contributed by atoms with E-state index in [-0.39, 0.29) is 6.61 Å². The number of nitriles is 1. The lowest BCUT2D eigenvalue weighted by Crippen LogP contribution is -2.51. The van der Waals surface area contributed by atoms with Gasteiger partial charge in [-0.3, -0.25) is 0 Å². The fraction of sp³-hybridized carbons (Fsp3) is 0.462. The topological polar surface area (TPSA) is 59.3 Å². The molecule has 0 spiro atoms. The first-order valence-electron chi connectivity index (χ1n) is 5.93. The average molecular weight is 231 g/mol. The molecule has 0 aliphatic carbocycles. The zero-order valence-corrected chi connectivity index (χ0v) is 9.76. The van der Waals surface area contributed by atoms with Crippen molar-refractivity contribution in [1.29, 1.82) is 5.26 Å². The van der Waals surface area contributed by atoms with Crippen molar-refractivity contribution in [3.8, 4) is 6.07 Å². The number of nitrogens with one attached hydrogen (secondary N) is 1. The van der Waals surface area contributed by atoms with Crippen LogP contribution < -0.4 is 10.2 Å². The summed E-state index contributed by atoms with van der Waals surface area (Å²) in [7, 11) is 0. The third-order valence-corrected chi connectivity index (χ3v) is 3.09. The number of rotatable bonds is 3. The molecule has 2 N–H and O–H groups in total. The van der Waals surface area contributed by atoms with E-state index in [4.69, 9.17) is 10.4 Å². The molecule has 90 valence electrons. The molecule has 0 amide bonds. The van der Waals surface area contributed by atoms with E-state index in [1.165, 1.54) is 0 Å². The second-order valence-corrected chi connectivity index (χ2v) is 4.27. The normalized spacial score (nSPS) is 20.0. The van der Waals surface area contributed by atoms with Gasteiger partial charge in [-0.25, -0.2) is 0 Å². The molecule has 0 aromatic heterocycles. The maximum absolute atomic E-state index is 8.95. The molecular weight excluding hydrogens is 214 g/mol. The number of piperazine rings is 1. The van der Waals surface area contributed by atoms with Gasteiger partial charge in [0.05, 0.1) is 11.6 Å². The van der Waals surface area contributed by atoms with E-state index in [0.29, 0.717) is 11.6 Å². The standard InChI is InChI=1S/C13H17N3O/c14-9-11-1-3-13(4-2-11)16-7-6-15-12(10-16)5-8-17/h1-4,12,15,17H,5-8,10H2. The highest BCUT2D eigenvalue weighted by Gasteiger charge is 2.18. The van der Waals surface area contributed by atoms with Gasteiger partial charge in [0.25, 0.3) is 0 Å². The van der Waals surface area contributed by atoms with Crippen LogP contribution in [0.1, 0.15) is 12.0 Å². The van der Waals surface area contributed by atoms with Crippen molar-refractivity contribution < 1.29 is 5.11 Å². The third kappa shape index (κ3) is 2.96. The Hall–Kier alpha value is -1.57. The van der Waals surface area contributed by atoms with Gasteiger partial charge >= 0.3 is 0 Å². The summed E-state index contributed by atoms with van der Waals surface area (Å²) in [5.41, 5.74) is 1.84. The van der Waals surface area contributed by atoms with Crippen LogP contribution in [0.3, 0.4) is 0 Å². The lowest BCUT2D eigenvalue weighted by Gasteiger charge is -2.35. The van der Waals surface area contributed by atoms with Crippen molar-refractivity contribution in [2.45, 2.75) is 12.5 Å². The molecule has 1 aromatic rings. The second-order valence-electron chi connectivity index (χ2n) is 4.27. The molecule has 1 unspecified atom stereocenters. The smallest absolute Gasteiger partial charge is 0.0991 e. The highest BCUT2D eigenvalue weighted by molar-refractivity contribution is 5.50. The van der Waals surface area contributed by atoms with Gasteiger partial charge in [-0.15, -0.1) is 0 Å². The summed E-state index contributed by atoms with van der Waals surface area (Å²) in [6, 6.07) is 10.1. The maximum atomic E-state index is 8.95. The zero-order chi connectivity index (χ0) is 12.1. The Labute approximate surface area is 101 Å². The molecule has 1 heterocycles. The van der Waals surface area contributed by atoms with Gasteiger partial charge in [-0.05, 0) is 30.7 Å². The van der Waals surface area contributed by atoms with E-state index < -0.39 is 0 Å². The van der Waals surface area contributed by atoms with Gasteiger partial charge in [0.2, 0.25) is 0 Å². The Morgan fingerprint density at radius 3 is 2.82 bits per heavy atom. The van der Waals surface area contributed by atoms with E-state index in [0.717, 1.165) is 31.7 Å². The second kappa shape index (κ2) is 5.67. The lowest BCUT2D eigenvalue weighted by atomic mass is 10.1. The number of aliphatic hydroxyl groups excluding tert-OH is 1. The predicted octanol–water partition coefficient (Wildman–Crippen LogP) is 0.719. The highest BCUT2D eigenvalue weighted by Crippen LogP contribution is 2.17. The average Bonchev–Trinajstić information content (AvgIpc) is 2.40. The predicted molar refractivity (Wildman–Crippen MR) is 66.9 cm³/mol. The Morgan fingerprint density at radius 2 is 2.18 bits per heavy atom. The van der Waals surface area contributed by atoms with Crippen LogP contribution in [0.5, 0.6) is 0 Å². The summed E-state index contributed by atoms with van der Waals surface area (Å²) in [4.78, 5) is 2.29. The summed E-state index contributed by atoms with van der Waals surface area (Å²) >= 11 is 0. The Morgan fingerprint density at radius 1 is 1.41 bits per heavy atom. The minimum absolute atomic E-state index is 0.221. The molecule has 4 heteroatoms. The number of hydrogen-bond donors (Lipinski definition) is 2. The molecule has 1 saturated heterocycles. The van der Waals surface area contributed by atoms with Crippen molar-refractivity contribution in [3.63, 3.8) is 0 Å². The van der Waals surface area contributed by atoms with Crippen molar-refractivity contribution in [1.82, 2.24) is 5.32 Å². The molecule has 4 nitrogen and oxygen atoms in total. The molecule has 1 fully saturated rings. The van der Waals surface area contributed by atoms with Crippen LogP contribution in [-0.2, 0) is 0 Å². The number of nitrogens with zero attached hydrogens (tertiary/aromatic N) is 2. The van der Waals surface area contributed by atoms with E-state index >= 15 is 0 Å². The molecule has 0 bridgehead atoms. The summed E-state index contributed by atoms with van der Waals surface area (Å²) in [6.45, 7) is 3.03. The molecule has 0 radical (unpaired) electrons. The monoisotopic (exact) mass is 231 g/mol. The van der Waals surface area contributed by atoms with Crippen molar-refractivity contribution in [2.75, 3.05) is 31.1 Å². The molecule has 1 aromatic carbocycles. The number of benzene rings is 1. The van der Waals surface area contributed by atoms with E-state index in [1.54, 1.807) is 0 Å². The minimum atomic E-state index is 0.221. The number of hydrogen-bond acceptors (Lipinski definition) is 4. The third-order valence-electron chi connectivity index (χ3n) is 3.09. The Balaban J connectivity index is 2.03. The van der Waals surface area contributed by atoms with Crippen LogP contribution in [0.2, 0.25) is 0 Å². The lowest BCUT2D eigenvalue weighted by molar-refractivity contribution is 0.260. The van der Waals surface area contributed by atoms with Gasteiger partial charge < -0.3 is 15.3 Å². The fourth-order valence-electron chi connectivity index (χ4n) is 2.16. The van der Waals surface area contributed by atoms with Gasteiger partial charge in [0.1, 0.15) is 0 Å². The van der Waals surface area contributed by atoms with Crippen LogP contribution in [-0.4, -0.2) is 37.4 Å². The van der Waals surface area contributed by atoms with Gasteiger partial charge in [-0.2, -0.15) is 5.26 Å². The molecule has 0 saturated carbocycles. The Bertz CT molecular complexity index is 394. The largest absolute Gasteiger partial charge is 0.396 e. The first-order chi connectivity index (χ1) is 8.33. The van der Waals surface area contributed by atoms with Crippen LogP contribution in [0.4, 0.5) is 5.69 Å². The van der Waals surface area contributed by atoms with Crippen LogP contribution in [0.15, 0.2) is 24.3 Å². The summed E-state index contributed by atoms with van der Waals surface area (Å²) in [5, 5.41) is 21.1. The summed E-state index contributed by atoms with van der Waals surface area (Å²) in [6.07, 6.45) is 0.785. The Kier molecular flexibility index (Phi) is 3.97. The summed E-state index contributed by atoms with van der Waals surface area (Å²) < 4.78 is 0. The molecule has 17 heavy (non-hydrogen) atoms. The van der Waals surface area contributed by atoms with Crippen molar-refractivity contribution >= 4 is 5.69 Å². The van der Waals surface area contributed by atoms with Crippen molar-refractivity contribution in [3.05, 3.63) is 29.8 Å². The first-order valence-corrected chi connectivity index (χ1v) is 5.93. The van der Waals surface area contributed by atoms with Crippen LogP contribution in [0, 0.1) is 11.3 Å². The minimum Gasteiger partial charge on any atom is -0.396 e. The quantitative estimate of drug-likeness (QED) is 0.804. The molecule has 1 atom stereocenters. The highest BCUT2D eigenvalue weighted by atomic mass is 16.3. The van der Waals surface area contributed by atoms with Crippen molar-refractivity contribution in [2.24, 2.45) is 0 Å². The molecule has 2 rings (SSSR count). The summed E-state index contributed by atoms with van der Waals surface area (Å²) in [5.74, 6) is 0. The van der Waals surface area contributed by atoms with E-state index in [2.05, 4.69) is 16.3 Å². The van der Waals surface area contributed by atoms with Crippen LogP contribution >= 0.6 is 0 Å². The van der Waals surface area contributed by atoms with Gasteiger partial charge in [0.15, 0.2) is 0 Å². The number of aliphatic hydroxyl groups is 1. The van der Waals surface area contributed by atoms with E-state index in [1.807, 2.05) is 24.3 Å². The molecule has 1 aliphatic heterocycles. The van der Waals surface area contributed by atoms with Gasteiger partial charge in [-0.1, -0.05) is 0 Å². The maximum Gasteiger partial charge on any atom is 0.0991 e. The van der Waals surface area contributed by atoms with Crippen LogP contribution in [0.25, 0.3) is 0 Å². The SMILES string of the molecule is N#Cc1ccc(N2CCNC(CCO)C2)cc1. The zero-order valence-electron chi connectivity index (χ0n) is 9.76. The molecule has 1 aliphatic rings. The molecular formula is C13H17N3O. The fourth-order valence-corrected chi connectivity index (χ4v) is 2.16.